The zero-order chi connectivity index (χ0) is 14.5. The highest BCUT2D eigenvalue weighted by Crippen LogP contribution is 2.28. The first-order chi connectivity index (χ1) is 9.65. The van der Waals surface area contributed by atoms with Gasteiger partial charge in [-0.15, -0.1) is 0 Å². The number of likely N-dealkylation sites (tertiary alicyclic amines) is 1. The van der Waals surface area contributed by atoms with Crippen molar-refractivity contribution in [3.63, 3.8) is 0 Å². The van der Waals surface area contributed by atoms with Crippen LogP contribution in [0.1, 0.15) is 63.7 Å². The monoisotopic (exact) mass is 275 g/mol. The maximum Gasteiger partial charge on any atom is 0.0917 e. The van der Waals surface area contributed by atoms with Crippen LogP contribution >= 0.6 is 0 Å². The van der Waals surface area contributed by atoms with Crippen LogP contribution in [0.4, 0.5) is 0 Å². The molecule has 2 nitrogen and oxygen atoms in total. The zero-order valence-electron chi connectivity index (χ0n) is 13.2. The molecule has 0 saturated carbocycles. The van der Waals surface area contributed by atoms with Crippen LogP contribution in [-0.4, -0.2) is 28.6 Å². The molecule has 1 aliphatic heterocycles. The van der Waals surface area contributed by atoms with E-state index < -0.39 is 0 Å². The summed E-state index contributed by atoms with van der Waals surface area (Å²) in [6.45, 7) is 7.50. The fraction of sp³-hybridized carbons (Fsp3) is 0.667. The maximum absolute atomic E-state index is 10.5. The number of hydrogen-bond acceptors (Lipinski definition) is 2. The SMILES string of the molecule is CCCc1ccc(C(O)CN2C(C)CCC2CC)cc1. The van der Waals surface area contributed by atoms with Gasteiger partial charge in [0.2, 0.25) is 0 Å². The molecule has 1 aromatic carbocycles. The minimum atomic E-state index is -0.361. The van der Waals surface area contributed by atoms with Crippen molar-refractivity contribution < 1.29 is 5.11 Å². The lowest BCUT2D eigenvalue weighted by atomic mass is 10.0. The van der Waals surface area contributed by atoms with Gasteiger partial charge in [0, 0.05) is 18.6 Å². The number of nitrogens with zero attached hydrogens (tertiary/aromatic N) is 1. The van der Waals surface area contributed by atoms with Crippen LogP contribution in [0.15, 0.2) is 24.3 Å². The molecule has 1 aliphatic rings. The van der Waals surface area contributed by atoms with Crippen molar-refractivity contribution in [3.8, 4) is 0 Å². The average Bonchev–Trinajstić information content (AvgIpc) is 2.81. The van der Waals surface area contributed by atoms with Crippen molar-refractivity contribution in [1.29, 1.82) is 0 Å². The van der Waals surface area contributed by atoms with E-state index >= 15 is 0 Å². The minimum Gasteiger partial charge on any atom is -0.387 e. The van der Waals surface area contributed by atoms with Crippen LogP contribution in [0.5, 0.6) is 0 Å². The topological polar surface area (TPSA) is 23.5 Å². The van der Waals surface area contributed by atoms with Gasteiger partial charge in [0.15, 0.2) is 0 Å². The van der Waals surface area contributed by atoms with Crippen molar-refractivity contribution in [2.75, 3.05) is 6.54 Å². The summed E-state index contributed by atoms with van der Waals surface area (Å²) in [7, 11) is 0. The molecule has 2 rings (SSSR count). The molecule has 2 heteroatoms. The Bertz CT molecular complexity index is 400. The lowest BCUT2D eigenvalue weighted by molar-refractivity contribution is 0.0860. The van der Waals surface area contributed by atoms with Crippen LogP contribution in [0.25, 0.3) is 0 Å². The van der Waals surface area contributed by atoms with E-state index in [-0.39, 0.29) is 6.10 Å². The third-order valence-corrected chi connectivity index (χ3v) is 4.71. The summed E-state index contributed by atoms with van der Waals surface area (Å²) < 4.78 is 0. The van der Waals surface area contributed by atoms with Gasteiger partial charge in [-0.25, -0.2) is 0 Å². The highest BCUT2D eigenvalue weighted by Gasteiger charge is 2.30. The Morgan fingerprint density at radius 3 is 2.50 bits per heavy atom. The second kappa shape index (κ2) is 7.24. The number of aryl methyl sites for hydroxylation is 1. The first-order valence-electron chi connectivity index (χ1n) is 8.18. The van der Waals surface area contributed by atoms with E-state index in [9.17, 15) is 5.11 Å². The predicted molar refractivity (Wildman–Crippen MR) is 84.9 cm³/mol. The Balaban J connectivity index is 1.98. The number of rotatable bonds is 6. The van der Waals surface area contributed by atoms with Gasteiger partial charge < -0.3 is 5.11 Å². The van der Waals surface area contributed by atoms with Gasteiger partial charge >= 0.3 is 0 Å². The number of benzene rings is 1. The molecular formula is C18H29NO. The molecule has 1 fully saturated rings. The summed E-state index contributed by atoms with van der Waals surface area (Å²) in [4.78, 5) is 2.49. The first-order valence-corrected chi connectivity index (χ1v) is 8.18. The van der Waals surface area contributed by atoms with Crippen molar-refractivity contribution in [3.05, 3.63) is 35.4 Å². The summed E-state index contributed by atoms with van der Waals surface area (Å²) in [5.41, 5.74) is 2.42. The van der Waals surface area contributed by atoms with Crippen LogP contribution < -0.4 is 0 Å². The van der Waals surface area contributed by atoms with Gasteiger partial charge in [0.1, 0.15) is 0 Å². The minimum absolute atomic E-state index is 0.361. The Kier molecular flexibility index (Phi) is 5.62. The molecule has 1 N–H and O–H groups in total. The van der Waals surface area contributed by atoms with Gasteiger partial charge in [0.25, 0.3) is 0 Å². The van der Waals surface area contributed by atoms with Crippen LogP contribution in [0, 0.1) is 0 Å². The largest absolute Gasteiger partial charge is 0.387 e. The summed E-state index contributed by atoms with van der Waals surface area (Å²) >= 11 is 0. The number of β-amino-alcohol motifs (C(OH)–C–C–N with tert-alkyl or cyclic N) is 1. The van der Waals surface area contributed by atoms with E-state index in [1.807, 2.05) is 0 Å². The molecule has 1 saturated heterocycles. The molecule has 0 spiro atoms. The molecule has 3 unspecified atom stereocenters. The summed E-state index contributed by atoms with van der Waals surface area (Å²) in [6, 6.07) is 9.77. The highest BCUT2D eigenvalue weighted by molar-refractivity contribution is 5.24. The van der Waals surface area contributed by atoms with Crippen LogP contribution in [0.2, 0.25) is 0 Å². The van der Waals surface area contributed by atoms with E-state index in [1.54, 1.807) is 0 Å². The van der Waals surface area contributed by atoms with Crippen LogP contribution in [0.3, 0.4) is 0 Å². The van der Waals surface area contributed by atoms with Gasteiger partial charge in [-0.3, -0.25) is 4.90 Å². The molecule has 1 aromatic rings. The molecule has 1 heterocycles. The van der Waals surface area contributed by atoms with Crippen molar-refractivity contribution >= 4 is 0 Å². The third kappa shape index (κ3) is 3.62. The van der Waals surface area contributed by atoms with Gasteiger partial charge in [-0.05, 0) is 43.7 Å². The predicted octanol–water partition coefficient (Wildman–Crippen LogP) is 3.94. The molecule has 3 atom stereocenters. The molecule has 20 heavy (non-hydrogen) atoms. The molecule has 0 aliphatic carbocycles. The van der Waals surface area contributed by atoms with Crippen molar-refractivity contribution in [2.24, 2.45) is 0 Å². The number of hydrogen-bond donors (Lipinski definition) is 1. The van der Waals surface area contributed by atoms with E-state index in [4.69, 9.17) is 0 Å². The van der Waals surface area contributed by atoms with Gasteiger partial charge in [0.05, 0.1) is 6.10 Å². The second-order valence-electron chi connectivity index (χ2n) is 6.19. The molecule has 0 amide bonds. The lowest BCUT2D eigenvalue weighted by Crippen LogP contribution is -2.37. The zero-order valence-corrected chi connectivity index (χ0v) is 13.2. The fourth-order valence-electron chi connectivity index (χ4n) is 3.39. The maximum atomic E-state index is 10.5. The second-order valence-corrected chi connectivity index (χ2v) is 6.19. The Morgan fingerprint density at radius 1 is 1.20 bits per heavy atom. The van der Waals surface area contributed by atoms with Crippen LogP contribution in [-0.2, 0) is 6.42 Å². The Hall–Kier alpha value is -0.860. The lowest BCUT2D eigenvalue weighted by Gasteiger charge is -2.30. The quantitative estimate of drug-likeness (QED) is 0.850. The fourth-order valence-corrected chi connectivity index (χ4v) is 3.39. The number of aliphatic hydroxyl groups excluding tert-OH is 1. The normalized spacial score (nSPS) is 25.0. The smallest absolute Gasteiger partial charge is 0.0917 e. The average molecular weight is 275 g/mol. The molecule has 112 valence electrons. The van der Waals surface area contributed by atoms with E-state index in [0.717, 1.165) is 18.5 Å². The highest BCUT2D eigenvalue weighted by atomic mass is 16.3. The van der Waals surface area contributed by atoms with E-state index in [0.29, 0.717) is 12.1 Å². The van der Waals surface area contributed by atoms with Crippen molar-refractivity contribution in [2.45, 2.75) is 71.1 Å². The van der Waals surface area contributed by atoms with Gasteiger partial charge in [-0.2, -0.15) is 0 Å². The summed E-state index contributed by atoms with van der Waals surface area (Å²) in [5, 5.41) is 10.5. The third-order valence-electron chi connectivity index (χ3n) is 4.71. The van der Waals surface area contributed by atoms with Gasteiger partial charge in [-0.1, -0.05) is 44.5 Å². The summed E-state index contributed by atoms with van der Waals surface area (Å²) in [5.74, 6) is 0. The Labute approximate surface area is 123 Å². The van der Waals surface area contributed by atoms with E-state index in [2.05, 4.69) is 49.9 Å². The summed E-state index contributed by atoms with van der Waals surface area (Å²) in [6.07, 6.45) is 5.66. The van der Waals surface area contributed by atoms with E-state index in [1.165, 1.54) is 31.2 Å². The van der Waals surface area contributed by atoms with Crippen molar-refractivity contribution in [1.82, 2.24) is 4.90 Å². The Morgan fingerprint density at radius 2 is 1.90 bits per heavy atom. The standard InChI is InChI=1S/C18H29NO/c1-4-6-15-8-10-16(11-9-15)18(20)13-19-14(3)7-12-17(19)5-2/h8-11,14,17-18,20H,4-7,12-13H2,1-3H3. The molecular weight excluding hydrogens is 246 g/mol. The molecule has 0 aromatic heterocycles. The first kappa shape index (κ1) is 15.5. The number of aliphatic hydroxyl groups is 1. The molecule has 0 bridgehead atoms. The molecule has 0 radical (unpaired) electrons.